The molecule has 0 saturated heterocycles. The summed E-state index contributed by atoms with van der Waals surface area (Å²) in [7, 11) is 0. The number of ether oxygens (including phenoxy) is 1. The van der Waals surface area contributed by atoms with Crippen molar-refractivity contribution in [1.82, 2.24) is 14.5 Å². The first-order valence-corrected chi connectivity index (χ1v) is 7.20. The lowest BCUT2D eigenvalue weighted by Gasteiger charge is -2.09. The van der Waals surface area contributed by atoms with Crippen molar-refractivity contribution in [2.45, 2.75) is 6.54 Å². The standard InChI is InChI=1S/C17H14N4O3/c22-15(12-21-9-2-1-6-17(21)23)20-13-4-3-5-14(10-13)24-16-11-18-7-8-19-16/h1-11H,12H2,(H,20,22). The third-order valence-electron chi connectivity index (χ3n) is 3.09. The van der Waals surface area contributed by atoms with Crippen LogP contribution < -0.4 is 15.6 Å². The quantitative estimate of drug-likeness (QED) is 0.777. The summed E-state index contributed by atoms with van der Waals surface area (Å²) >= 11 is 0. The molecule has 0 spiro atoms. The normalized spacial score (nSPS) is 10.2. The first-order valence-electron chi connectivity index (χ1n) is 7.20. The Morgan fingerprint density at radius 2 is 2.08 bits per heavy atom. The molecule has 3 aromatic rings. The number of hydrogen-bond donors (Lipinski definition) is 1. The van der Waals surface area contributed by atoms with Crippen molar-refractivity contribution in [1.29, 1.82) is 0 Å². The zero-order chi connectivity index (χ0) is 16.8. The van der Waals surface area contributed by atoms with E-state index in [4.69, 9.17) is 4.74 Å². The molecule has 1 N–H and O–H groups in total. The molecule has 0 unspecified atom stereocenters. The van der Waals surface area contributed by atoms with E-state index in [1.54, 1.807) is 48.8 Å². The minimum Gasteiger partial charge on any atom is -0.437 e. The predicted molar refractivity (Wildman–Crippen MR) is 87.9 cm³/mol. The minimum atomic E-state index is -0.306. The molecule has 0 bridgehead atoms. The van der Waals surface area contributed by atoms with Crippen molar-refractivity contribution in [2.24, 2.45) is 0 Å². The molecule has 0 saturated carbocycles. The molecule has 7 heteroatoms. The molecule has 0 aliphatic rings. The van der Waals surface area contributed by atoms with Crippen molar-refractivity contribution in [3.05, 3.63) is 77.6 Å². The molecule has 0 fully saturated rings. The van der Waals surface area contributed by atoms with E-state index in [1.807, 2.05) is 0 Å². The van der Waals surface area contributed by atoms with Gasteiger partial charge in [0.15, 0.2) is 0 Å². The van der Waals surface area contributed by atoms with Gasteiger partial charge in [-0.05, 0) is 18.2 Å². The number of hydrogen-bond acceptors (Lipinski definition) is 5. The molecule has 7 nitrogen and oxygen atoms in total. The van der Waals surface area contributed by atoms with Crippen LogP contribution in [0.3, 0.4) is 0 Å². The van der Waals surface area contributed by atoms with Gasteiger partial charge in [0.1, 0.15) is 12.3 Å². The third kappa shape index (κ3) is 4.04. The number of amides is 1. The number of anilines is 1. The highest BCUT2D eigenvalue weighted by Gasteiger charge is 2.06. The van der Waals surface area contributed by atoms with Crippen LogP contribution in [0.15, 0.2) is 72.0 Å². The van der Waals surface area contributed by atoms with Crippen molar-refractivity contribution in [3.8, 4) is 11.6 Å². The van der Waals surface area contributed by atoms with E-state index in [1.165, 1.54) is 23.0 Å². The predicted octanol–water partition coefficient (Wildman–Crippen LogP) is 2.07. The van der Waals surface area contributed by atoms with Crippen LogP contribution in [-0.2, 0) is 11.3 Å². The van der Waals surface area contributed by atoms with Crippen LogP contribution >= 0.6 is 0 Å². The molecule has 3 rings (SSSR count). The van der Waals surface area contributed by atoms with E-state index >= 15 is 0 Å². The first kappa shape index (κ1) is 15.4. The summed E-state index contributed by atoms with van der Waals surface area (Å²) < 4.78 is 6.89. The summed E-state index contributed by atoms with van der Waals surface area (Å²) in [5.74, 6) is 0.571. The summed E-state index contributed by atoms with van der Waals surface area (Å²) in [4.78, 5) is 31.6. The molecule has 2 heterocycles. The summed E-state index contributed by atoms with van der Waals surface area (Å²) in [6, 6.07) is 11.6. The number of carbonyl (C=O) groups excluding carboxylic acids is 1. The highest BCUT2D eigenvalue weighted by molar-refractivity contribution is 5.90. The average Bonchev–Trinajstić information content (AvgIpc) is 2.58. The molecule has 1 aromatic carbocycles. The fourth-order valence-electron chi connectivity index (χ4n) is 2.04. The maximum atomic E-state index is 12.1. The van der Waals surface area contributed by atoms with Crippen LogP contribution in [0.1, 0.15) is 0 Å². The second kappa shape index (κ2) is 7.19. The Balaban J connectivity index is 1.67. The Hall–Kier alpha value is -3.48. The Bertz CT molecular complexity index is 893. The van der Waals surface area contributed by atoms with Crippen molar-refractivity contribution < 1.29 is 9.53 Å². The van der Waals surface area contributed by atoms with E-state index in [2.05, 4.69) is 15.3 Å². The summed E-state index contributed by atoms with van der Waals surface area (Å²) in [5, 5.41) is 2.73. The SMILES string of the molecule is O=C(Cn1ccccc1=O)Nc1cccc(Oc2cnccn2)c1. The van der Waals surface area contributed by atoms with Gasteiger partial charge in [-0.2, -0.15) is 0 Å². The molecule has 120 valence electrons. The van der Waals surface area contributed by atoms with Crippen LogP contribution in [0.2, 0.25) is 0 Å². The van der Waals surface area contributed by atoms with Gasteiger partial charge >= 0.3 is 0 Å². The van der Waals surface area contributed by atoms with E-state index in [-0.39, 0.29) is 18.0 Å². The van der Waals surface area contributed by atoms with Gasteiger partial charge in [0, 0.05) is 36.4 Å². The molecular formula is C17H14N4O3. The zero-order valence-electron chi connectivity index (χ0n) is 12.6. The number of pyridine rings is 1. The van der Waals surface area contributed by atoms with Crippen molar-refractivity contribution in [2.75, 3.05) is 5.32 Å². The van der Waals surface area contributed by atoms with E-state index in [0.717, 1.165) is 0 Å². The number of nitrogens with zero attached hydrogens (tertiary/aromatic N) is 3. The fourth-order valence-corrected chi connectivity index (χ4v) is 2.04. The molecule has 0 radical (unpaired) electrons. The smallest absolute Gasteiger partial charge is 0.250 e. The van der Waals surface area contributed by atoms with Crippen LogP contribution in [0.4, 0.5) is 5.69 Å². The van der Waals surface area contributed by atoms with Crippen molar-refractivity contribution in [3.63, 3.8) is 0 Å². The van der Waals surface area contributed by atoms with Crippen LogP contribution in [0.25, 0.3) is 0 Å². The monoisotopic (exact) mass is 322 g/mol. The molecule has 1 amide bonds. The topological polar surface area (TPSA) is 86.1 Å². The van der Waals surface area contributed by atoms with Gasteiger partial charge in [-0.3, -0.25) is 14.6 Å². The molecule has 2 aromatic heterocycles. The van der Waals surface area contributed by atoms with Gasteiger partial charge in [-0.25, -0.2) is 4.98 Å². The number of carbonyl (C=O) groups is 1. The van der Waals surface area contributed by atoms with E-state index < -0.39 is 0 Å². The van der Waals surface area contributed by atoms with Gasteiger partial charge in [0.2, 0.25) is 11.8 Å². The summed E-state index contributed by atoms with van der Waals surface area (Å²) in [6.45, 7) is -0.0606. The van der Waals surface area contributed by atoms with E-state index in [9.17, 15) is 9.59 Å². The fraction of sp³-hybridized carbons (Fsp3) is 0.0588. The lowest BCUT2D eigenvalue weighted by molar-refractivity contribution is -0.116. The van der Waals surface area contributed by atoms with Gasteiger partial charge in [-0.1, -0.05) is 12.1 Å². The number of rotatable bonds is 5. The molecule has 0 atom stereocenters. The Labute approximate surface area is 137 Å². The first-order chi connectivity index (χ1) is 11.7. The molecule has 24 heavy (non-hydrogen) atoms. The second-order valence-corrected chi connectivity index (χ2v) is 4.89. The van der Waals surface area contributed by atoms with Gasteiger partial charge < -0.3 is 14.6 Å². The zero-order valence-corrected chi connectivity index (χ0v) is 12.6. The van der Waals surface area contributed by atoms with Crippen LogP contribution in [0, 0.1) is 0 Å². The third-order valence-corrected chi connectivity index (χ3v) is 3.09. The average molecular weight is 322 g/mol. The highest BCUT2D eigenvalue weighted by atomic mass is 16.5. The summed E-state index contributed by atoms with van der Waals surface area (Å²) in [5.41, 5.74) is 0.331. The van der Waals surface area contributed by atoms with Crippen LogP contribution in [-0.4, -0.2) is 20.4 Å². The number of benzene rings is 1. The molecule has 0 aliphatic carbocycles. The van der Waals surface area contributed by atoms with Gasteiger partial charge in [0.05, 0.1) is 6.20 Å². The largest absolute Gasteiger partial charge is 0.437 e. The van der Waals surface area contributed by atoms with Gasteiger partial charge in [0.25, 0.3) is 5.56 Å². The number of aromatic nitrogens is 3. The highest BCUT2D eigenvalue weighted by Crippen LogP contribution is 2.21. The lowest BCUT2D eigenvalue weighted by atomic mass is 10.3. The lowest BCUT2D eigenvalue weighted by Crippen LogP contribution is -2.26. The van der Waals surface area contributed by atoms with Gasteiger partial charge in [-0.15, -0.1) is 0 Å². The Morgan fingerprint density at radius 3 is 2.88 bits per heavy atom. The second-order valence-electron chi connectivity index (χ2n) is 4.89. The number of nitrogens with one attached hydrogen (secondary N) is 1. The molecule has 0 aliphatic heterocycles. The minimum absolute atomic E-state index is 0.0606. The van der Waals surface area contributed by atoms with Crippen LogP contribution in [0.5, 0.6) is 11.6 Å². The Kier molecular flexibility index (Phi) is 4.62. The van der Waals surface area contributed by atoms with Crippen molar-refractivity contribution >= 4 is 11.6 Å². The molecular weight excluding hydrogens is 308 g/mol. The maximum absolute atomic E-state index is 12.1. The maximum Gasteiger partial charge on any atom is 0.250 e. The summed E-state index contributed by atoms with van der Waals surface area (Å²) in [6.07, 6.45) is 6.14. The van der Waals surface area contributed by atoms with E-state index in [0.29, 0.717) is 17.3 Å². The Morgan fingerprint density at radius 1 is 1.17 bits per heavy atom.